The summed E-state index contributed by atoms with van der Waals surface area (Å²) in [5.41, 5.74) is 9.00. The normalized spacial score (nSPS) is 11.7. The van der Waals surface area contributed by atoms with Crippen molar-refractivity contribution in [3.8, 4) is 0 Å². The molecule has 1 heterocycles. The van der Waals surface area contributed by atoms with Gasteiger partial charge in [-0.3, -0.25) is 0 Å². The number of hydrogen-bond donors (Lipinski definition) is 1. The Morgan fingerprint density at radius 3 is 2.41 bits per heavy atom. The Hall–Kier alpha value is -1.35. The Labute approximate surface area is 107 Å². The standard InChI is InChI=1S/C14H18N2S/c1-10-9-17-13(16-10)14(2,3)8-11-4-6-12(15)7-5-11/h4-7,9H,8,15H2,1-3H3. The van der Waals surface area contributed by atoms with Gasteiger partial charge in [-0.15, -0.1) is 11.3 Å². The molecule has 1 aromatic heterocycles. The van der Waals surface area contributed by atoms with Gasteiger partial charge in [0.05, 0.1) is 5.01 Å². The molecule has 0 amide bonds. The number of aryl methyl sites for hydroxylation is 1. The number of rotatable bonds is 3. The van der Waals surface area contributed by atoms with Crippen LogP contribution in [0.5, 0.6) is 0 Å². The first-order valence-corrected chi connectivity index (χ1v) is 6.62. The summed E-state index contributed by atoms with van der Waals surface area (Å²) in [5, 5.41) is 3.31. The highest BCUT2D eigenvalue weighted by atomic mass is 32.1. The van der Waals surface area contributed by atoms with Crippen LogP contribution in [0.1, 0.15) is 30.1 Å². The zero-order valence-corrected chi connectivity index (χ0v) is 11.3. The van der Waals surface area contributed by atoms with Crippen molar-refractivity contribution in [3.05, 3.63) is 45.9 Å². The molecule has 0 atom stereocenters. The average Bonchev–Trinajstić information content (AvgIpc) is 2.69. The number of aromatic nitrogens is 1. The van der Waals surface area contributed by atoms with E-state index in [0.29, 0.717) is 0 Å². The van der Waals surface area contributed by atoms with E-state index in [4.69, 9.17) is 5.73 Å². The molecule has 0 aliphatic carbocycles. The van der Waals surface area contributed by atoms with E-state index in [1.807, 2.05) is 19.1 Å². The van der Waals surface area contributed by atoms with Crippen LogP contribution in [0.15, 0.2) is 29.6 Å². The molecule has 90 valence electrons. The van der Waals surface area contributed by atoms with Gasteiger partial charge < -0.3 is 5.73 Å². The highest BCUT2D eigenvalue weighted by Crippen LogP contribution is 2.30. The molecule has 0 saturated heterocycles. The first-order valence-electron chi connectivity index (χ1n) is 5.74. The van der Waals surface area contributed by atoms with Crippen molar-refractivity contribution >= 4 is 17.0 Å². The molecule has 2 aromatic rings. The van der Waals surface area contributed by atoms with Gasteiger partial charge in [-0.25, -0.2) is 4.98 Å². The van der Waals surface area contributed by atoms with Gasteiger partial charge in [-0.2, -0.15) is 0 Å². The fourth-order valence-corrected chi connectivity index (χ4v) is 2.81. The molecular weight excluding hydrogens is 228 g/mol. The molecule has 0 fully saturated rings. The Kier molecular flexibility index (Phi) is 3.20. The fraction of sp³-hybridized carbons (Fsp3) is 0.357. The summed E-state index contributed by atoms with van der Waals surface area (Å²) in [5.74, 6) is 0. The van der Waals surface area contributed by atoms with Gasteiger partial charge in [-0.05, 0) is 31.0 Å². The van der Waals surface area contributed by atoms with Gasteiger partial charge in [-0.1, -0.05) is 26.0 Å². The number of hydrogen-bond acceptors (Lipinski definition) is 3. The summed E-state index contributed by atoms with van der Waals surface area (Å²) in [6.45, 7) is 6.52. The summed E-state index contributed by atoms with van der Waals surface area (Å²) < 4.78 is 0. The molecule has 2 rings (SSSR count). The van der Waals surface area contributed by atoms with Crippen molar-refractivity contribution < 1.29 is 0 Å². The minimum Gasteiger partial charge on any atom is -0.399 e. The first kappa shape index (κ1) is 12.1. The highest BCUT2D eigenvalue weighted by molar-refractivity contribution is 7.09. The topological polar surface area (TPSA) is 38.9 Å². The largest absolute Gasteiger partial charge is 0.399 e. The van der Waals surface area contributed by atoms with Crippen LogP contribution >= 0.6 is 11.3 Å². The Balaban J connectivity index is 2.19. The Bertz CT molecular complexity index is 497. The number of anilines is 1. The molecular formula is C14H18N2S. The molecule has 0 unspecified atom stereocenters. The monoisotopic (exact) mass is 246 g/mol. The molecule has 0 aliphatic heterocycles. The second-order valence-corrected chi connectivity index (χ2v) is 5.95. The maximum Gasteiger partial charge on any atom is 0.0987 e. The lowest BCUT2D eigenvalue weighted by Crippen LogP contribution is -2.20. The quantitative estimate of drug-likeness (QED) is 0.841. The van der Waals surface area contributed by atoms with Crippen LogP contribution in [0.3, 0.4) is 0 Å². The molecule has 0 bridgehead atoms. The lowest BCUT2D eigenvalue weighted by molar-refractivity contribution is 0.518. The molecule has 0 saturated carbocycles. The molecule has 0 radical (unpaired) electrons. The highest BCUT2D eigenvalue weighted by Gasteiger charge is 2.24. The minimum atomic E-state index is 0.0784. The molecule has 2 N–H and O–H groups in total. The van der Waals surface area contributed by atoms with Crippen LogP contribution < -0.4 is 5.73 Å². The van der Waals surface area contributed by atoms with Crippen LogP contribution in [-0.4, -0.2) is 4.98 Å². The predicted molar refractivity (Wildman–Crippen MR) is 74.4 cm³/mol. The van der Waals surface area contributed by atoms with Crippen molar-refractivity contribution in [3.63, 3.8) is 0 Å². The van der Waals surface area contributed by atoms with E-state index in [9.17, 15) is 0 Å². The van der Waals surface area contributed by atoms with Crippen molar-refractivity contribution in [2.45, 2.75) is 32.6 Å². The van der Waals surface area contributed by atoms with E-state index in [-0.39, 0.29) is 5.41 Å². The summed E-state index contributed by atoms with van der Waals surface area (Å²) in [4.78, 5) is 4.59. The third-order valence-electron chi connectivity index (χ3n) is 2.82. The van der Waals surface area contributed by atoms with Crippen LogP contribution in [0.25, 0.3) is 0 Å². The number of nitrogens with zero attached hydrogens (tertiary/aromatic N) is 1. The number of benzene rings is 1. The van der Waals surface area contributed by atoms with E-state index in [1.54, 1.807) is 11.3 Å². The van der Waals surface area contributed by atoms with Gasteiger partial charge >= 0.3 is 0 Å². The van der Waals surface area contributed by atoms with Gasteiger partial charge in [0.1, 0.15) is 0 Å². The molecule has 2 nitrogen and oxygen atoms in total. The van der Waals surface area contributed by atoms with Crippen LogP contribution in [0.2, 0.25) is 0 Å². The Morgan fingerprint density at radius 1 is 1.24 bits per heavy atom. The van der Waals surface area contributed by atoms with E-state index in [2.05, 4.69) is 36.3 Å². The summed E-state index contributed by atoms with van der Waals surface area (Å²) in [6, 6.07) is 8.10. The fourth-order valence-electron chi connectivity index (χ4n) is 1.89. The van der Waals surface area contributed by atoms with Crippen molar-refractivity contribution in [2.24, 2.45) is 0 Å². The SMILES string of the molecule is Cc1csc(C(C)(C)Cc2ccc(N)cc2)n1. The maximum atomic E-state index is 5.69. The van der Waals surface area contributed by atoms with Crippen LogP contribution in [0.4, 0.5) is 5.69 Å². The van der Waals surface area contributed by atoms with E-state index in [1.165, 1.54) is 10.6 Å². The second-order valence-electron chi connectivity index (χ2n) is 5.10. The van der Waals surface area contributed by atoms with Gasteiger partial charge in [0.15, 0.2) is 0 Å². The van der Waals surface area contributed by atoms with Gasteiger partial charge in [0.25, 0.3) is 0 Å². The lowest BCUT2D eigenvalue weighted by atomic mass is 9.86. The van der Waals surface area contributed by atoms with Gasteiger partial charge in [0, 0.05) is 22.2 Å². The third-order valence-corrected chi connectivity index (χ3v) is 4.15. The summed E-state index contributed by atoms with van der Waals surface area (Å²) in [6.07, 6.45) is 0.986. The molecule has 17 heavy (non-hydrogen) atoms. The average molecular weight is 246 g/mol. The summed E-state index contributed by atoms with van der Waals surface area (Å²) in [7, 11) is 0. The second kappa shape index (κ2) is 4.49. The first-order chi connectivity index (χ1) is 7.97. The Morgan fingerprint density at radius 2 is 1.88 bits per heavy atom. The molecule has 0 aliphatic rings. The predicted octanol–water partition coefficient (Wildman–Crippen LogP) is 3.55. The maximum absolute atomic E-state index is 5.69. The van der Waals surface area contributed by atoms with Crippen molar-refractivity contribution in [1.29, 1.82) is 0 Å². The van der Waals surface area contributed by atoms with Crippen LogP contribution in [0, 0.1) is 6.92 Å². The number of thiazole rings is 1. The zero-order valence-electron chi connectivity index (χ0n) is 10.5. The zero-order chi connectivity index (χ0) is 12.5. The minimum absolute atomic E-state index is 0.0784. The van der Waals surface area contributed by atoms with E-state index < -0.39 is 0 Å². The van der Waals surface area contributed by atoms with Crippen molar-refractivity contribution in [2.75, 3.05) is 5.73 Å². The number of nitrogen functional groups attached to an aromatic ring is 1. The lowest BCUT2D eigenvalue weighted by Gasteiger charge is -2.22. The van der Waals surface area contributed by atoms with E-state index >= 15 is 0 Å². The third kappa shape index (κ3) is 2.86. The summed E-state index contributed by atoms with van der Waals surface area (Å²) >= 11 is 1.74. The molecule has 3 heteroatoms. The van der Waals surface area contributed by atoms with Gasteiger partial charge in [0.2, 0.25) is 0 Å². The van der Waals surface area contributed by atoms with Crippen molar-refractivity contribution in [1.82, 2.24) is 4.98 Å². The van der Waals surface area contributed by atoms with Crippen LogP contribution in [-0.2, 0) is 11.8 Å². The smallest absolute Gasteiger partial charge is 0.0987 e. The molecule has 1 aromatic carbocycles. The molecule has 0 spiro atoms. The number of nitrogens with two attached hydrogens (primary N) is 1. The van der Waals surface area contributed by atoms with E-state index in [0.717, 1.165) is 17.8 Å².